The van der Waals surface area contributed by atoms with Crippen LogP contribution < -0.4 is 4.90 Å². The summed E-state index contributed by atoms with van der Waals surface area (Å²) in [6.07, 6.45) is 1.06. The molecule has 6 nitrogen and oxygen atoms in total. The number of carbonyl (C=O) groups excluding carboxylic acids is 2. The first-order valence-electron chi connectivity index (χ1n) is 8.83. The molecule has 1 atom stereocenters. The normalized spacial score (nSPS) is 19.0. The SMILES string of the molecule is CN(C(=O)c1cccc(C(=O)N2CCCC2(C)C(=O)O)c1)c1ccccc1. The third-order valence-corrected chi connectivity index (χ3v) is 5.15. The van der Waals surface area contributed by atoms with E-state index < -0.39 is 11.5 Å². The first-order chi connectivity index (χ1) is 12.8. The van der Waals surface area contributed by atoms with Gasteiger partial charge in [0.05, 0.1) is 0 Å². The molecule has 1 aliphatic rings. The lowest BCUT2D eigenvalue weighted by Gasteiger charge is -2.31. The molecule has 6 heteroatoms. The van der Waals surface area contributed by atoms with Crippen molar-refractivity contribution in [3.05, 3.63) is 65.7 Å². The van der Waals surface area contributed by atoms with Crippen molar-refractivity contribution in [2.45, 2.75) is 25.3 Å². The van der Waals surface area contributed by atoms with Gasteiger partial charge in [-0.3, -0.25) is 9.59 Å². The summed E-state index contributed by atoms with van der Waals surface area (Å²) in [5, 5.41) is 9.53. The second-order valence-corrected chi connectivity index (χ2v) is 6.92. The van der Waals surface area contributed by atoms with Crippen molar-refractivity contribution < 1.29 is 19.5 Å². The van der Waals surface area contributed by atoms with Crippen molar-refractivity contribution in [2.24, 2.45) is 0 Å². The van der Waals surface area contributed by atoms with Gasteiger partial charge in [0.15, 0.2) is 0 Å². The molecular weight excluding hydrogens is 344 g/mol. The molecule has 3 rings (SSSR count). The smallest absolute Gasteiger partial charge is 0.329 e. The van der Waals surface area contributed by atoms with E-state index in [2.05, 4.69) is 0 Å². The van der Waals surface area contributed by atoms with Crippen LogP contribution in [0.25, 0.3) is 0 Å². The molecular formula is C21H22N2O4. The lowest BCUT2D eigenvalue weighted by atomic mass is 9.98. The highest BCUT2D eigenvalue weighted by Gasteiger charge is 2.46. The predicted molar refractivity (Wildman–Crippen MR) is 102 cm³/mol. The molecule has 0 aliphatic carbocycles. The Balaban J connectivity index is 1.86. The third kappa shape index (κ3) is 3.43. The summed E-state index contributed by atoms with van der Waals surface area (Å²) in [5.41, 5.74) is 0.232. The van der Waals surface area contributed by atoms with E-state index >= 15 is 0 Å². The number of likely N-dealkylation sites (tertiary alicyclic amines) is 1. The van der Waals surface area contributed by atoms with Crippen molar-refractivity contribution in [1.82, 2.24) is 4.90 Å². The van der Waals surface area contributed by atoms with E-state index in [1.54, 1.807) is 32.2 Å². The zero-order valence-electron chi connectivity index (χ0n) is 15.4. The molecule has 1 heterocycles. The first-order valence-corrected chi connectivity index (χ1v) is 8.83. The van der Waals surface area contributed by atoms with Gasteiger partial charge in [-0.15, -0.1) is 0 Å². The Bertz CT molecular complexity index is 881. The van der Waals surface area contributed by atoms with Gasteiger partial charge in [0.1, 0.15) is 5.54 Å². The summed E-state index contributed by atoms with van der Waals surface area (Å²) < 4.78 is 0. The van der Waals surface area contributed by atoms with Crippen molar-refractivity contribution in [1.29, 1.82) is 0 Å². The van der Waals surface area contributed by atoms with Crippen LogP contribution >= 0.6 is 0 Å². The molecule has 1 unspecified atom stereocenters. The van der Waals surface area contributed by atoms with Gasteiger partial charge >= 0.3 is 5.97 Å². The summed E-state index contributed by atoms with van der Waals surface area (Å²) in [5.74, 6) is -1.61. The van der Waals surface area contributed by atoms with Gasteiger partial charge in [-0.25, -0.2) is 4.79 Å². The second-order valence-electron chi connectivity index (χ2n) is 6.92. The Morgan fingerprint density at radius 3 is 2.37 bits per heavy atom. The Labute approximate surface area is 158 Å². The number of carboxylic acid groups (broad SMARTS) is 1. The fourth-order valence-corrected chi connectivity index (χ4v) is 3.41. The summed E-state index contributed by atoms with van der Waals surface area (Å²) in [6, 6.07) is 15.7. The van der Waals surface area contributed by atoms with Gasteiger partial charge in [-0.05, 0) is 50.1 Å². The van der Waals surface area contributed by atoms with Crippen molar-refractivity contribution in [3.8, 4) is 0 Å². The first kappa shape index (κ1) is 18.6. The summed E-state index contributed by atoms with van der Waals surface area (Å²) in [7, 11) is 1.67. The lowest BCUT2D eigenvalue weighted by Crippen LogP contribution is -2.50. The third-order valence-electron chi connectivity index (χ3n) is 5.15. The lowest BCUT2D eigenvalue weighted by molar-refractivity contribution is -0.147. The van der Waals surface area contributed by atoms with Crippen molar-refractivity contribution >= 4 is 23.5 Å². The second kappa shape index (κ2) is 7.23. The van der Waals surface area contributed by atoms with Crippen LogP contribution in [-0.2, 0) is 4.79 Å². The molecule has 140 valence electrons. The van der Waals surface area contributed by atoms with Gasteiger partial charge < -0.3 is 14.9 Å². The minimum Gasteiger partial charge on any atom is -0.480 e. The number of benzene rings is 2. The highest BCUT2D eigenvalue weighted by Crippen LogP contribution is 2.31. The number of amides is 2. The molecule has 1 saturated heterocycles. The number of hydrogen-bond acceptors (Lipinski definition) is 3. The largest absolute Gasteiger partial charge is 0.480 e. The zero-order chi connectivity index (χ0) is 19.6. The predicted octanol–water partition coefficient (Wildman–Crippen LogP) is 3.04. The van der Waals surface area contributed by atoms with Gasteiger partial charge in [0.25, 0.3) is 11.8 Å². The van der Waals surface area contributed by atoms with Crippen LogP contribution in [0.3, 0.4) is 0 Å². The minimum atomic E-state index is -1.21. The summed E-state index contributed by atoms with van der Waals surface area (Å²) in [4.78, 5) is 40.2. The van der Waals surface area contributed by atoms with Gasteiger partial charge in [0, 0.05) is 30.4 Å². The molecule has 27 heavy (non-hydrogen) atoms. The maximum absolute atomic E-state index is 12.9. The van der Waals surface area contributed by atoms with Crippen LogP contribution in [0.1, 0.15) is 40.5 Å². The number of carboxylic acids is 1. The van der Waals surface area contributed by atoms with E-state index in [9.17, 15) is 19.5 Å². The maximum Gasteiger partial charge on any atom is 0.329 e. The highest BCUT2D eigenvalue weighted by molar-refractivity contribution is 6.07. The van der Waals surface area contributed by atoms with Crippen molar-refractivity contribution in [3.63, 3.8) is 0 Å². The van der Waals surface area contributed by atoms with Crippen molar-refractivity contribution in [2.75, 3.05) is 18.5 Å². The van der Waals surface area contributed by atoms with E-state index in [0.29, 0.717) is 30.5 Å². The summed E-state index contributed by atoms with van der Waals surface area (Å²) >= 11 is 0. The average Bonchev–Trinajstić information content (AvgIpc) is 3.10. The monoisotopic (exact) mass is 366 g/mol. The fraction of sp³-hybridized carbons (Fsp3) is 0.286. The summed E-state index contributed by atoms with van der Waals surface area (Å²) in [6.45, 7) is 1.96. The molecule has 0 aromatic heterocycles. The van der Waals surface area contributed by atoms with E-state index in [1.807, 2.05) is 30.3 Å². The van der Waals surface area contributed by atoms with Crippen LogP contribution in [0.4, 0.5) is 5.69 Å². The molecule has 0 bridgehead atoms. The van der Waals surface area contributed by atoms with Crippen LogP contribution in [-0.4, -0.2) is 46.9 Å². The zero-order valence-corrected chi connectivity index (χ0v) is 15.4. The molecule has 1 aliphatic heterocycles. The van der Waals surface area contributed by atoms with Crippen LogP contribution in [0.5, 0.6) is 0 Å². The quantitative estimate of drug-likeness (QED) is 0.902. The standard InChI is InChI=1S/C21H22N2O4/c1-21(20(26)27)12-7-13-23(21)19(25)16-9-6-8-15(14-16)18(24)22(2)17-10-4-3-5-11-17/h3-6,8-11,14H,7,12-13H2,1-2H3,(H,26,27). The van der Waals surface area contributed by atoms with Gasteiger partial charge in [0.2, 0.25) is 0 Å². The van der Waals surface area contributed by atoms with E-state index in [0.717, 1.165) is 5.69 Å². The number of aliphatic carboxylic acids is 1. The van der Waals surface area contributed by atoms with Gasteiger partial charge in [-0.2, -0.15) is 0 Å². The molecule has 1 fully saturated rings. The average molecular weight is 366 g/mol. The van der Waals surface area contributed by atoms with Crippen LogP contribution in [0.15, 0.2) is 54.6 Å². The number of para-hydroxylation sites is 1. The topological polar surface area (TPSA) is 77.9 Å². The van der Waals surface area contributed by atoms with Crippen LogP contribution in [0, 0.1) is 0 Å². The van der Waals surface area contributed by atoms with E-state index in [4.69, 9.17) is 0 Å². The number of hydrogen-bond donors (Lipinski definition) is 1. The molecule has 2 aromatic carbocycles. The molecule has 0 radical (unpaired) electrons. The Kier molecular flexibility index (Phi) is 4.99. The number of carbonyl (C=O) groups is 3. The Hall–Kier alpha value is -3.15. The molecule has 2 amide bonds. The molecule has 1 N–H and O–H groups in total. The Morgan fingerprint density at radius 1 is 1.04 bits per heavy atom. The number of anilines is 1. The highest BCUT2D eigenvalue weighted by atomic mass is 16.4. The Morgan fingerprint density at radius 2 is 1.70 bits per heavy atom. The van der Waals surface area contributed by atoms with E-state index in [-0.39, 0.29) is 11.8 Å². The number of nitrogens with zero attached hydrogens (tertiary/aromatic N) is 2. The van der Waals surface area contributed by atoms with Gasteiger partial charge in [-0.1, -0.05) is 24.3 Å². The molecule has 0 saturated carbocycles. The fourth-order valence-electron chi connectivity index (χ4n) is 3.41. The van der Waals surface area contributed by atoms with E-state index in [1.165, 1.54) is 15.9 Å². The maximum atomic E-state index is 12.9. The van der Waals surface area contributed by atoms with Crippen LogP contribution in [0.2, 0.25) is 0 Å². The molecule has 0 spiro atoms. The minimum absolute atomic E-state index is 0.238. The number of rotatable bonds is 4. The molecule has 2 aromatic rings.